The predicted molar refractivity (Wildman–Crippen MR) is 81.0 cm³/mol. The van der Waals surface area contributed by atoms with Crippen LogP contribution in [-0.2, 0) is 5.41 Å². The maximum absolute atomic E-state index is 10.8. The van der Waals surface area contributed by atoms with Crippen LogP contribution in [0.25, 0.3) is 0 Å². The van der Waals surface area contributed by atoms with Gasteiger partial charge in [-0.25, -0.2) is 14.8 Å². The molecule has 0 atom stereocenters. The maximum Gasteiger partial charge on any atom is 0.356 e. The number of hydrogen-bond acceptors (Lipinski definition) is 6. The topological polar surface area (TPSA) is 93.6 Å². The van der Waals surface area contributed by atoms with Gasteiger partial charge >= 0.3 is 5.97 Å². The summed E-state index contributed by atoms with van der Waals surface area (Å²) in [6.07, 6.45) is 4.87. The lowest BCUT2D eigenvalue weighted by atomic mass is 9.95. The monoisotopic (exact) mass is 313 g/mol. The number of carboxylic acids is 1. The van der Waals surface area contributed by atoms with Crippen LogP contribution in [0.2, 0.25) is 0 Å². The molecule has 1 aromatic heterocycles. The molecule has 2 N–H and O–H groups in total. The van der Waals surface area contributed by atoms with Gasteiger partial charge in [-0.15, -0.1) is 0 Å². The number of nitrogens with zero attached hydrogens (tertiary/aromatic N) is 2. The van der Waals surface area contributed by atoms with Crippen molar-refractivity contribution in [3.05, 3.63) is 41.9 Å². The third-order valence-electron chi connectivity index (χ3n) is 4.32. The van der Waals surface area contributed by atoms with E-state index in [0.29, 0.717) is 12.4 Å². The average Bonchev–Trinajstić information content (AvgIpc) is 3.22. The number of fused-ring (bicyclic) bond motifs is 1. The second-order valence-corrected chi connectivity index (χ2v) is 5.79. The number of hydrogen-bond donors (Lipinski definition) is 2. The minimum atomic E-state index is -1.08. The van der Waals surface area contributed by atoms with Gasteiger partial charge in [0.2, 0.25) is 6.79 Å². The van der Waals surface area contributed by atoms with E-state index in [1.165, 1.54) is 18.0 Å². The number of rotatable bonds is 5. The molecular formula is C16H15N3O4. The molecule has 2 heterocycles. The predicted octanol–water partition coefficient (Wildman–Crippen LogP) is 2.05. The Balaban J connectivity index is 1.47. The Hall–Kier alpha value is -2.83. The lowest BCUT2D eigenvalue weighted by Crippen LogP contribution is -2.20. The number of aromatic carboxylic acids is 1. The van der Waals surface area contributed by atoms with E-state index in [1.807, 2.05) is 12.1 Å². The Morgan fingerprint density at radius 1 is 1.22 bits per heavy atom. The number of ether oxygens (including phenoxy) is 2. The van der Waals surface area contributed by atoms with E-state index in [1.54, 1.807) is 0 Å². The summed E-state index contributed by atoms with van der Waals surface area (Å²) in [7, 11) is 0. The average molecular weight is 313 g/mol. The number of carboxylic acid groups (broad SMARTS) is 1. The molecule has 1 aromatic carbocycles. The van der Waals surface area contributed by atoms with Crippen molar-refractivity contribution in [3.63, 3.8) is 0 Å². The summed E-state index contributed by atoms with van der Waals surface area (Å²) in [5.74, 6) is 1.07. The van der Waals surface area contributed by atoms with E-state index in [4.69, 9.17) is 14.6 Å². The quantitative estimate of drug-likeness (QED) is 0.872. The fourth-order valence-corrected chi connectivity index (χ4v) is 2.73. The molecule has 4 rings (SSSR count). The molecule has 0 bridgehead atoms. The largest absolute Gasteiger partial charge is 0.476 e. The molecule has 1 fully saturated rings. The highest BCUT2D eigenvalue weighted by molar-refractivity contribution is 5.84. The lowest BCUT2D eigenvalue weighted by molar-refractivity contribution is 0.0690. The molecule has 7 nitrogen and oxygen atoms in total. The standard InChI is InChI=1S/C16H15N3O4/c20-15(21)11-6-18-14(7-17-11)19-8-16(3-4-16)10-1-2-12-13(5-10)23-9-22-12/h1-2,5-7H,3-4,8-9H2,(H,18,19)(H,20,21). The molecule has 0 unspecified atom stereocenters. The van der Waals surface area contributed by atoms with E-state index in [0.717, 1.165) is 24.3 Å². The van der Waals surface area contributed by atoms with Crippen molar-refractivity contribution in [3.8, 4) is 11.5 Å². The molecule has 1 aliphatic heterocycles. The smallest absolute Gasteiger partial charge is 0.356 e. The molecule has 0 saturated heterocycles. The van der Waals surface area contributed by atoms with Crippen molar-refractivity contribution < 1.29 is 19.4 Å². The van der Waals surface area contributed by atoms with E-state index < -0.39 is 5.97 Å². The van der Waals surface area contributed by atoms with Gasteiger partial charge in [-0.1, -0.05) is 6.07 Å². The Kier molecular flexibility index (Phi) is 3.07. The SMILES string of the molecule is O=C(O)c1cnc(NCC2(c3ccc4c(c3)OCO4)CC2)cn1. The van der Waals surface area contributed by atoms with Crippen LogP contribution in [0.1, 0.15) is 28.9 Å². The fourth-order valence-electron chi connectivity index (χ4n) is 2.73. The molecule has 7 heteroatoms. The summed E-state index contributed by atoms with van der Waals surface area (Å²) in [6, 6.07) is 6.05. The van der Waals surface area contributed by atoms with Crippen molar-refractivity contribution in [2.45, 2.75) is 18.3 Å². The van der Waals surface area contributed by atoms with Gasteiger partial charge in [0.15, 0.2) is 17.2 Å². The van der Waals surface area contributed by atoms with Gasteiger partial charge in [0.25, 0.3) is 0 Å². The van der Waals surface area contributed by atoms with Crippen molar-refractivity contribution in [1.29, 1.82) is 0 Å². The molecule has 23 heavy (non-hydrogen) atoms. The van der Waals surface area contributed by atoms with E-state index in [2.05, 4.69) is 21.4 Å². The van der Waals surface area contributed by atoms with E-state index in [-0.39, 0.29) is 17.9 Å². The molecule has 0 amide bonds. The highest BCUT2D eigenvalue weighted by atomic mass is 16.7. The summed E-state index contributed by atoms with van der Waals surface area (Å²) in [6.45, 7) is 0.989. The highest BCUT2D eigenvalue weighted by Crippen LogP contribution is 2.50. The summed E-state index contributed by atoms with van der Waals surface area (Å²) in [5.41, 5.74) is 1.21. The van der Waals surface area contributed by atoms with Crippen molar-refractivity contribution in [2.24, 2.45) is 0 Å². The summed E-state index contributed by atoms with van der Waals surface area (Å²) in [4.78, 5) is 18.7. The molecule has 118 valence electrons. The second kappa shape index (κ2) is 5.12. The highest BCUT2D eigenvalue weighted by Gasteiger charge is 2.44. The number of carbonyl (C=O) groups is 1. The van der Waals surface area contributed by atoms with Gasteiger partial charge in [0.1, 0.15) is 5.82 Å². The van der Waals surface area contributed by atoms with Gasteiger partial charge in [-0.3, -0.25) is 0 Å². The molecule has 0 radical (unpaired) electrons. The minimum absolute atomic E-state index is 0.0625. The van der Waals surface area contributed by atoms with Crippen molar-refractivity contribution in [1.82, 2.24) is 9.97 Å². The first-order valence-electron chi connectivity index (χ1n) is 7.36. The van der Waals surface area contributed by atoms with Crippen LogP contribution in [0.4, 0.5) is 5.82 Å². The zero-order valence-corrected chi connectivity index (χ0v) is 12.3. The third kappa shape index (κ3) is 2.54. The number of aromatic nitrogens is 2. The van der Waals surface area contributed by atoms with Gasteiger partial charge in [0.05, 0.1) is 12.4 Å². The van der Waals surface area contributed by atoms with Crippen LogP contribution in [0.3, 0.4) is 0 Å². The first-order chi connectivity index (χ1) is 11.2. The summed E-state index contributed by atoms with van der Waals surface area (Å²) in [5, 5.41) is 12.1. The van der Waals surface area contributed by atoms with Crippen LogP contribution in [0.15, 0.2) is 30.6 Å². The molecule has 2 aromatic rings. The molecule has 0 spiro atoms. The Bertz CT molecular complexity index is 756. The Morgan fingerprint density at radius 3 is 2.74 bits per heavy atom. The van der Waals surface area contributed by atoms with E-state index in [9.17, 15) is 4.79 Å². The summed E-state index contributed by atoms with van der Waals surface area (Å²) >= 11 is 0. The van der Waals surface area contributed by atoms with Crippen molar-refractivity contribution >= 4 is 11.8 Å². The van der Waals surface area contributed by atoms with Crippen LogP contribution in [0, 0.1) is 0 Å². The Labute approximate surface area is 132 Å². The Morgan fingerprint density at radius 2 is 2.04 bits per heavy atom. The third-order valence-corrected chi connectivity index (χ3v) is 4.32. The van der Waals surface area contributed by atoms with Gasteiger partial charge in [0, 0.05) is 12.0 Å². The van der Waals surface area contributed by atoms with Crippen molar-refractivity contribution in [2.75, 3.05) is 18.7 Å². The first-order valence-corrected chi connectivity index (χ1v) is 7.36. The minimum Gasteiger partial charge on any atom is -0.476 e. The van der Waals surface area contributed by atoms with Crippen LogP contribution < -0.4 is 14.8 Å². The van der Waals surface area contributed by atoms with Crippen LogP contribution in [0.5, 0.6) is 11.5 Å². The van der Waals surface area contributed by atoms with Gasteiger partial charge in [-0.2, -0.15) is 0 Å². The van der Waals surface area contributed by atoms with E-state index >= 15 is 0 Å². The molecule has 2 aliphatic rings. The normalized spacial score (nSPS) is 16.9. The molecule has 1 aliphatic carbocycles. The zero-order valence-electron chi connectivity index (χ0n) is 12.3. The number of anilines is 1. The first kappa shape index (κ1) is 13.8. The van der Waals surface area contributed by atoms with Crippen LogP contribution >= 0.6 is 0 Å². The lowest BCUT2D eigenvalue weighted by Gasteiger charge is -2.17. The molecular weight excluding hydrogens is 298 g/mol. The zero-order chi connectivity index (χ0) is 15.9. The fraction of sp³-hybridized carbons (Fsp3) is 0.312. The second-order valence-electron chi connectivity index (χ2n) is 5.79. The van der Waals surface area contributed by atoms with Gasteiger partial charge in [-0.05, 0) is 30.5 Å². The number of nitrogens with one attached hydrogen (secondary N) is 1. The summed E-state index contributed by atoms with van der Waals surface area (Å²) < 4.78 is 10.8. The molecule has 1 saturated carbocycles. The maximum atomic E-state index is 10.8. The number of benzene rings is 1. The van der Waals surface area contributed by atoms with Crippen LogP contribution in [-0.4, -0.2) is 34.4 Å². The van der Waals surface area contributed by atoms with Gasteiger partial charge < -0.3 is 19.9 Å².